The Hall–Kier alpha value is -1.49. The van der Waals surface area contributed by atoms with Gasteiger partial charge in [-0.05, 0) is 18.8 Å². The number of halogens is 1. The number of nitrogen functional groups attached to an aromatic ring is 1. The average molecular weight is 243 g/mol. The van der Waals surface area contributed by atoms with Gasteiger partial charge in [-0.15, -0.1) is 0 Å². The number of nitro groups is 1. The van der Waals surface area contributed by atoms with Crippen LogP contribution in [0.4, 0.5) is 11.4 Å². The van der Waals surface area contributed by atoms with Gasteiger partial charge < -0.3 is 10.5 Å². The van der Waals surface area contributed by atoms with Crippen molar-refractivity contribution in [3.63, 3.8) is 0 Å². The van der Waals surface area contributed by atoms with E-state index in [0.29, 0.717) is 18.3 Å². The monoisotopic (exact) mass is 242 g/mol. The zero-order valence-corrected chi connectivity index (χ0v) is 9.24. The fraction of sp³-hybridized carbons (Fsp3) is 0.400. The number of nitrogens with zero attached hydrogens (tertiary/aromatic N) is 1. The molecule has 5 nitrogen and oxygen atoms in total. The van der Waals surface area contributed by atoms with Crippen LogP contribution in [0.15, 0.2) is 12.1 Å². The highest BCUT2D eigenvalue weighted by Gasteiger charge is 2.23. The van der Waals surface area contributed by atoms with Gasteiger partial charge in [0.1, 0.15) is 11.4 Å². The van der Waals surface area contributed by atoms with Crippen LogP contribution in [-0.4, -0.2) is 11.5 Å². The van der Waals surface area contributed by atoms with Crippen LogP contribution in [0.5, 0.6) is 5.75 Å². The molecule has 0 saturated heterocycles. The van der Waals surface area contributed by atoms with Crippen molar-refractivity contribution in [3.05, 3.63) is 27.3 Å². The van der Waals surface area contributed by atoms with Gasteiger partial charge >= 0.3 is 0 Å². The summed E-state index contributed by atoms with van der Waals surface area (Å²) in [7, 11) is 0. The summed E-state index contributed by atoms with van der Waals surface area (Å²) in [5.41, 5.74) is 5.41. The Labute approximate surface area is 97.3 Å². The Balaban J connectivity index is 2.18. The highest BCUT2D eigenvalue weighted by atomic mass is 35.5. The minimum absolute atomic E-state index is 0.0696. The highest BCUT2D eigenvalue weighted by Crippen LogP contribution is 2.36. The lowest BCUT2D eigenvalue weighted by atomic mass is 10.2. The summed E-state index contributed by atoms with van der Waals surface area (Å²) in [5.74, 6) is 1.00. The van der Waals surface area contributed by atoms with E-state index in [4.69, 9.17) is 22.1 Å². The molecule has 0 spiro atoms. The van der Waals surface area contributed by atoms with Crippen molar-refractivity contribution in [2.45, 2.75) is 12.8 Å². The van der Waals surface area contributed by atoms with Crippen LogP contribution in [0.3, 0.4) is 0 Å². The zero-order valence-electron chi connectivity index (χ0n) is 8.48. The first kappa shape index (κ1) is 11.0. The van der Waals surface area contributed by atoms with E-state index in [1.54, 1.807) is 0 Å². The van der Waals surface area contributed by atoms with Crippen molar-refractivity contribution in [2.24, 2.45) is 5.92 Å². The molecular formula is C10H11ClN2O3. The third-order valence-electron chi connectivity index (χ3n) is 2.45. The van der Waals surface area contributed by atoms with E-state index in [-0.39, 0.29) is 16.4 Å². The number of nitrogens with two attached hydrogens (primary N) is 1. The molecule has 0 aromatic heterocycles. The summed E-state index contributed by atoms with van der Waals surface area (Å²) in [4.78, 5) is 10.0. The molecule has 1 aromatic carbocycles. The van der Waals surface area contributed by atoms with Crippen LogP contribution < -0.4 is 10.5 Å². The number of anilines is 1. The predicted octanol–water partition coefficient (Wildman–Crippen LogP) is 2.62. The van der Waals surface area contributed by atoms with Gasteiger partial charge in [0.25, 0.3) is 5.69 Å². The number of nitro benzene ring substituents is 1. The van der Waals surface area contributed by atoms with Gasteiger partial charge in [0.15, 0.2) is 0 Å². The Kier molecular flexibility index (Phi) is 2.87. The molecule has 16 heavy (non-hydrogen) atoms. The van der Waals surface area contributed by atoms with Crippen molar-refractivity contribution in [3.8, 4) is 5.75 Å². The second-order valence-corrected chi connectivity index (χ2v) is 4.26. The summed E-state index contributed by atoms with van der Waals surface area (Å²) < 4.78 is 5.44. The van der Waals surface area contributed by atoms with Crippen molar-refractivity contribution < 1.29 is 9.66 Å². The smallest absolute Gasteiger partial charge is 0.293 e. The van der Waals surface area contributed by atoms with Crippen LogP contribution in [0.2, 0.25) is 5.02 Å². The van der Waals surface area contributed by atoms with Gasteiger partial charge in [0.05, 0.1) is 16.6 Å². The van der Waals surface area contributed by atoms with Crippen LogP contribution in [0.25, 0.3) is 0 Å². The second kappa shape index (κ2) is 4.17. The first-order chi connectivity index (χ1) is 7.58. The lowest BCUT2D eigenvalue weighted by Gasteiger charge is -2.08. The molecule has 6 heteroatoms. The number of hydrogen-bond donors (Lipinski definition) is 1. The van der Waals surface area contributed by atoms with Crippen LogP contribution >= 0.6 is 11.6 Å². The minimum atomic E-state index is -0.564. The maximum atomic E-state index is 10.6. The molecule has 0 aliphatic heterocycles. The van der Waals surface area contributed by atoms with Gasteiger partial charge in [-0.1, -0.05) is 11.6 Å². The minimum Gasteiger partial charge on any atom is -0.492 e. The SMILES string of the molecule is Nc1cc(OCC2CC2)c(Cl)cc1[N+](=O)[O-]. The third kappa shape index (κ3) is 2.36. The molecule has 1 aliphatic carbocycles. The highest BCUT2D eigenvalue weighted by molar-refractivity contribution is 6.32. The summed E-state index contributed by atoms with van der Waals surface area (Å²) in [6, 6.07) is 2.63. The quantitative estimate of drug-likeness (QED) is 0.500. The normalized spacial score (nSPS) is 14.8. The molecule has 0 amide bonds. The van der Waals surface area contributed by atoms with E-state index in [2.05, 4.69) is 0 Å². The standard InChI is InChI=1S/C10H11ClN2O3/c11-7-3-9(13(14)15)8(12)4-10(7)16-5-6-1-2-6/h3-4,6H,1-2,5,12H2. The average Bonchev–Trinajstić information content (AvgIpc) is 3.02. The molecule has 0 heterocycles. The van der Waals surface area contributed by atoms with Crippen LogP contribution in [0.1, 0.15) is 12.8 Å². The van der Waals surface area contributed by atoms with Crippen molar-refractivity contribution in [1.29, 1.82) is 0 Å². The molecule has 1 aromatic rings. The van der Waals surface area contributed by atoms with Gasteiger partial charge in [0, 0.05) is 12.1 Å². The fourth-order valence-corrected chi connectivity index (χ4v) is 1.53. The fourth-order valence-electron chi connectivity index (χ4n) is 1.32. The third-order valence-corrected chi connectivity index (χ3v) is 2.74. The van der Waals surface area contributed by atoms with Crippen molar-refractivity contribution in [1.82, 2.24) is 0 Å². The van der Waals surface area contributed by atoms with E-state index >= 15 is 0 Å². The Bertz CT molecular complexity index is 432. The first-order valence-electron chi connectivity index (χ1n) is 4.94. The summed E-state index contributed by atoms with van der Waals surface area (Å²) >= 11 is 5.86. The van der Waals surface area contributed by atoms with E-state index in [1.807, 2.05) is 0 Å². The van der Waals surface area contributed by atoms with Crippen molar-refractivity contribution in [2.75, 3.05) is 12.3 Å². The molecule has 1 fully saturated rings. The molecule has 0 unspecified atom stereocenters. The predicted molar refractivity (Wildman–Crippen MR) is 60.7 cm³/mol. The molecule has 1 saturated carbocycles. The van der Waals surface area contributed by atoms with E-state index in [9.17, 15) is 10.1 Å². The van der Waals surface area contributed by atoms with Gasteiger partial charge in [-0.2, -0.15) is 0 Å². The Morgan fingerprint density at radius 3 is 2.81 bits per heavy atom. The largest absolute Gasteiger partial charge is 0.492 e. The summed E-state index contributed by atoms with van der Waals surface area (Å²) in [5, 5.41) is 10.8. The van der Waals surface area contributed by atoms with Crippen molar-refractivity contribution >= 4 is 23.0 Å². The molecular weight excluding hydrogens is 232 g/mol. The van der Waals surface area contributed by atoms with E-state index in [1.165, 1.54) is 25.0 Å². The summed E-state index contributed by atoms with van der Waals surface area (Å²) in [6.07, 6.45) is 2.33. The maximum absolute atomic E-state index is 10.6. The maximum Gasteiger partial charge on any atom is 0.293 e. The molecule has 86 valence electrons. The lowest BCUT2D eigenvalue weighted by Crippen LogP contribution is -2.02. The van der Waals surface area contributed by atoms with Crippen LogP contribution in [0, 0.1) is 16.0 Å². The first-order valence-corrected chi connectivity index (χ1v) is 5.32. The molecule has 2 rings (SSSR count). The Morgan fingerprint density at radius 1 is 1.56 bits per heavy atom. The molecule has 0 radical (unpaired) electrons. The van der Waals surface area contributed by atoms with E-state index < -0.39 is 4.92 Å². The van der Waals surface area contributed by atoms with Crippen LogP contribution in [-0.2, 0) is 0 Å². The van der Waals surface area contributed by atoms with Gasteiger partial charge in [-0.3, -0.25) is 10.1 Å². The molecule has 2 N–H and O–H groups in total. The zero-order chi connectivity index (χ0) is 11.7. The van der Waals surface area contributed by atoms with E-state index in [0.717, 1.165) is 0 Å². The second-order valence-electron chi connectivity index (χ2n) is 3.85. The number of hydrogen-bond acceptors (Lipinski definition) is 4. The number of rotatable bonds is 4. The number of ether oxygens (including phenoxy) is 1. The molecule has 0 atom stereocenters. The van der Waals surface area contributed by atoms with Gasteiger partial charge in [-0.25, -0.2) is 0 Å². The lowest BCUT2D eigenvalue weighted by molar-refractivity contribution is -0.383. The summed E-state index contributed by atoms with van der Waals surface area (Å²) in [6.45, 7) is 0.594. The molecule has 0 bridgehead atoms. The van der Waals surface area contributed by atoms with Gasteiger partial charge in [0.2, 0.25) is 0 Å². The topological polar surface area (TPSA) is 78.4 Å². The molecule has 1 aliphatic rings. The Morgan fingerprint density at radius 2 is 2.25 bits per heavy atom. The number of benzene rings is 1.